The van der Waals surface area contributed by atoms with Gasteiger partial charge in [-0.25, -0.2) is 9.78 Å². The molecule has 0 unspecified atom stereocenters. The van der Waals surface area contributed by atoms with Gasteiger partial charge in [0, 0.05) is 23.2 Å². The molecule has 0 atom stereocenters. The van der Waals surface area contributed by atoms with Crippen molar-refractivity contribution in [2.75, 3.05) is 18.4 Å². The maximum Gasteiger partial charge on any atom is 0.322 e. The van der Waals surface area contributed by atoms with Gasteiger partial charge in [-0.15, -0.1) is 0 Å². The number of aromatic nitrogens is 1. The third kappa shape index (κ3) is 5.87. The number of carbonyl (C=O) groups excluding carboxylic acids is 2. The fourth-order valence-corrected chi connectivity index (χ4v) is 2.67. The van der Waals surface area contributed by atoms with E-state index in [1.807, 2.05) is 38.1 Å². The fourth-order valence-electron chi connectivity index (χ4n) is 2.27. The third-order valence-electron chi connectivity index (χ3n) is 3.50. The second-order valence-corrected chi connectivity index (χ2v) is 6.66. The molecule has 7 nitrogen and oxygen atoms in total. The van der Waals surface area contributed by atoms with Crippen LogP contribution in [0.4, 0.5) is 10.5 Å². The SMILES string of the molecule is CCCNC(=O)c1coc(CN(CCC)C(=O)Nc2cccc(Br)c2)n1. The van der Waals surface area contributed by atoms with Crippen molar-refractivity contribution in [2.24, 2.45) is 0 Å². The van der Waals surface area contributed by atoms with Gasteiger partial charge in [0.1, 0.15) is 6.26 Å². The Morgan fingerprint density at radius 1 is 1.27 bits per heavy atom. The van der Waals surface area contributed by atoms with E-state index in [0.29, 0.717) is 24.7 Å². The highest BCUT2D eigenvalue weighted by atomic mass is 79.9. The lowest BCUT2D eigenvalue weighted by molar-refractivity contribution is 0.0948. The van der Waals surface area contributed by atoms with Crippen molar-refractivity contribution < 1.29 is 14.0 Å². The van der Waals surface area contributed by atoms with Crippen LogP contribution >= 0.6 is 15.9 Å². The van der Waals surface area contributed by atoms with Crippen molar-refractivity contribution in [3.63, 3.8) is 0 Å². The van der Waals surface area contributed by atoms with E-state index in [4.69, 9.17) is 4.42 Å². The number of nitrogens with zero attached hydrogens (tertiary/aromatic N) is 2. The largest absolute Gasteiger partial charge is 0.446 e. The van der Waals surface area contributed by atoms with Gasteiger partial charge >= 0.3 is 6.03 Å². The Kier molecular flexibility index (Phi) is 7.65. The lowest BCUT2D eigenvalue weighted by Crippen LogP contribution is -2.35. The van der Waals surface area contributed by atoms with Crippen molar-refractivity contribution in [1.29, 1.82) is 0 Å². The molecule has 1 aromatic heterocycles. The maximum absolute atomic E-state index is 12.6. The predicted octanol–water partition coefficient (Wildman–Crippen LogP) is 4.02. The minimum absolute atomic E-state index is 0.189. The zero-order chi connectivity index (χ0) is 18.9. The van der Waals surface area contributed by atoms with E-state index in [1.165, 1.54) is 6.26 Å². The number of urea groups is 1. The molecular weight excluding hydrogens is 400 g/mol. The van der Waals surface area contributed by atoms with Crippen LogP contribution in [0.5, 0.6) is 0 Å². The molecule has 0 bridgehead atoms. The molecule has 140 valence electrons. The van der Waals surface area contributed by atoms with Gasteiger partial charge in [-0.1, -0.05) is 35.8 Å². The number of halogens is 1. The number of oxazole rings is 1. The Labute approximate surface area is 161 Å². The fraction of sp³-hybridized carbons (Fsp3) is 0.389. The lowest BCUT2D eigenvalue weighted by Gasteiger charge is -2.21. The second kappa shape index (κ2) is 9.96. The summed E-state index contributed by atoms with van der Waals surface area (Å²) >= 11 is 3.38. The van der Waals surface area contributed by atoms with E-state index >= 15 is 0 Å². The Bertz CT molecular complexity index is 748. The summed E-state index contributed by atoms with van der Waals surface area (Å²) in [5.74, 6) is 0.0481. The van der Waals surface area contributed by atoms with Gasteiger partial charge in [-0.3, -0.25) is 4.79 Å². The third-order valence-corrected chi connectivity index (χ3v) is 4.00. The van der Waals surface area contributed by atoms with Crippen LogP contribution in [0.3, 0.4) is 0 Å². The molecule has 26 heavy (non-hydrogen) atoms. The number of rotatable bonds is 8. The molecule has 0 fully saturated rings. The quantitative estimate of drug-likeness (QED) is 0.672. The topological polar surface area (TPSA) is 87.5 Å². The summed E-state index contributed by atoms with van der Waals surface area (Å²) in [6, 6.07) is 7.12. The minimum Gasteiger partial charge on any atom is -0.446 e. The number of anilines is 1. The van der Waals surface area contributed by atoms with Crippen LogP contribution in [0.2, 0.25) is 0 Å². The molecule has 0 saturated carbocycles. The van der Waals surface area contributed by atoms with Crippen LogP contribution in [-0.4, -0.2) is 34.9 Å². The number of hydrogen-bond donors (Lipinski definition) is 2. The van der Waals surface area contributed by atoms with E-state index in [0.717, 1.165) is 17.3 Å². The van der Waals surface area contributed by atoms with E-state index in [1.54, 1.807) is 4.90 Å². The predicted molar refractivity (Wildman–Crippen MR) is 103 cm³/mol. The molecule has 3 amide bonds. The number of carbonyl (C=O) groups is 2. The highest BCUT2D eigenvalue weighted by Gasteiger charge is 2.18. The monoisotopic (exact) mass is 422 g/mol. The molecule has 0 aliphatic carbocycles. The summed E-state index contributed by atoms with van der Waals surface area (Å²) in [7, 11) is 0. The van der Waals surface area contributed by atoms with Crippen LogP contribution in [0.1, 0.15) is 43.1 Å². The Balaban J connectivity index is 2.02. The molecule has 1 heterocycles. The molecule has 8 heteroatoms. The van der Waals surface area contributed by atoms with E-state index < -0.39 is 0 Å². The van der Waals surface area contributed by atoms with E-state index in [2.05, 4.69) is 31.5 Å². The molecule has 0 aliphatic rings. The number of hydrogen-bond acceptors (Lipinski definition) is 4. The molecule has 0 radical (unpaired) electrons. The van der Waals surface area contributed by atoms with Crippen molar-refractivity contribution in [3.05, 3.63) is 46.6 Å². The molecule has 1 aromatic carbocycles. The van der Waals surface area contributed by atoms with Crippen molar-refractivity contribution in [3.8, 4) is 0 Å². The summed E-state index contributed by atoms with van der Waals surface area (Å²) in [4.78, 5) is 30.2. The summed E-state index contributed by atoms with van der Waals surface area (Å²) in [6.45, 7) is 5.27. The van der Waals surface area contributed by atoms with Gasteiger partial charge < -0.3 is 20.0 Å². The van der Waals surface area contributed by atoms with E-state index in [9.17, 15) is 9.59 Å². The highest BCUT2D eigenvalue weighted by molar-refractivity contribution is 9.10. The van der Waals surface area contributed by atoms with Crippen LogP contribution in [-0.2, 0) is 6.54 Å². The molecule has 2 N–H and O–H groups in total. The summed E-state index contributed by atoms with van der Waals surface area (Å²) in [5.41, 5.74) is 0.912. The molecule has 0 spiro atoms. The number of amides is 3. The van der Waals surface area contributed by atoms with Crippen LogP contribution in [0.25, 0.3) is 0 Å². The van der Waals surface area contributed by atoms with Gasteiger partial charge in [0.05, 0.1) is 6.54 Å². The first-order chi connectivity index (χ1) is 12.5. The van der Waals surface area contributed by atoms with Crippen molar-refractivity contribution in [2.45, 2.75) is 33.2 Å². The Hall–Kier alpha value is -2.35. The zero-order valence-electron chi connectivity index (χ0n) is 14.9. The van der Waals surface area contributed by atoms with Crippen LogP contribution < -0.4 is 10.6 Å². The first-order valence-electron chi connectivity index (χ1n) is 8.57. The number of benzene rings is 1. The Morgan fingerprint density at radius 2 is 2.08 bits per heavy atom. The molecule has 0 saturated heterocycles. The van der Waals surface area contributed by atoms with Gasteiger partial charge in [-0.05, 0) is 31.0 Å². The first kappa shape index (κ1) is 20.0. The van der Waals surface area contributed by atoms with Gasteiger partial charge in [0.25, 0.3) is 5.91 Å². The molecule has 2 rings (SSSR count). The second-order valence-electron chi connectivity index (χ2n) is 5.74. The Morgan fingerprint density at radius 3 is 2.77 bits per heavy atom. The smallest absolute Gasteiger partial charge is 0.322 e. The van der Waals surface area contributed by atoms with Crippen molar-refractivity contribution >= 4 is 33.6 Å². The average Bonchev–Trinajstić information content (AvgIpc) is 3.08. The first-order valence-corrected chi connectivity index (χ1v) is 9.36. The zero-order valence-corrected chi connectivity index (χ0v) is 16.5. The highest BCUT2D eigenvalue weighted by Crippen LogP contribution is 2.16. The van der Waals surface area contributed by atoms with Crippen LogP contribution in [0.15, 0.2) is 39.4 Å². The van der Waals surface area contributed by atoms with Gasteiger partial charge in [0.15, 0.2) is 5.69 Å². The standard InChI is InChI=1S/C18H23BrN4O3/c1-3-8-20-17(24)15-12-26-16(22-15)11-23(9-4-2)18(25)21-14-7-5-6-13(19)10-14/h5-7,10,12H,3-4,8-9,11H2,1-2H3,(H,20,24)(H,21,25). The van der Waals surface area contributed by atoms with Gasteiger partial charge in [0.2, 0.25) is 5.89 Å². The van der Waals surface area contributed by atoms with Crippen LogP contribution in [0, 0.1) is 0 Å². The summed E-state index contributed by atoms with van der Waals surface area (Å²) < 4.78 is 6.24. The average molecular weight is 423 g/mol. The lowest BCUT2D eigenvalue weighted by atomic mass is 10.3. The minimum atomic E-state index is -0.275. The maximum atomic E-state index is 12.6. The molecule has 2 aromatic rings. The number of nitrogens with one attached hydrogen (secondary N) is 2. The van der Waals surface area contributed by atoms with E-state index in [-0.39, 0.29) is 24.2 Å². The normalized spacial score (nSPS) is 10.4. The molecular formula is C18H23BrN4O3. The molecule has 0 aliphatic heterocycles. The summed E-state index contributed by atoms with van der Waals surface area (Å²) in [6.07, 6.45) is 2.95. The van der Waals surface area contributed by atoms with Gasteiger partial charge in [-0.2, -0.15) is 0 Å². The summed E-state index contributed by atoms with van der Waals surface area (Å²) in [5, 5.41) is 5.60. The van der Waals surface area contributed by atoms with Crippen molar-refractivity contribution in [1.82, 2.24) is 15.2 Å².